The van der Waals surface area contributed by atoms with Crippen molar-refractivity contribution in [3.63, 3.8) is 0 Å². The Morgan fingerprint density at radius 1 is 1.50 bits per heavy atom. The number of carboxylic acid groups (broad SMARTS) is 1. The number of hydrogen-bond donors (Lipinski definition) is 2. The fraction of sp³-hybridized carbons (Fsp3) is 0.818. The van der Waals surface area contributed by atoms with E-state index >= 15 is 0 Å². The lowest BCUT2D eigenvalue weighted by molar-refractivity contribution is -0.140. The second-order valence-electron chi connectivity index (χ2n) is 4.49. The fourth-order valence-corrected chi connectivity index (χ4v) is 1.55. The molecule has 16 heavy (non-hydrogen) atoms. The summed E-state index contributed by atoms with van der Waals surface area (Å²) in [5, 5.41) is 11.6. The molecule has 0 aliphatic heterocycles. The van der Waals surface area contributed by atoms with Crippen molar-refractivity contribution in [1.29, 1.82) is 0 Å². The summed E-state index contributed by atoms with van der Waals surface area (Å²) in [7, 11) is 1.71. The Labute approximate surface area is 95.8 Å². The van der Waals surface area contributed by atoms with Gasteiger partial charge in [-0.1, -0.05) is 20.3 Å². The van der Waals surface area contributed by atoms with Crippen LogP contribution >= 0.6 is 0 Å². The van der Waals surface area contributed by atoms with Gasteiger partial charge in [0, 0.05) is 13.1 Å². The van der Waals surface area contributed by atoms with Gasteiger partial charge in [-0.3, -0.25) is 0 Å². The van der Waals surface area contributed by atoms with E-state index in [0.29, 0.717) is 6.04 Å². The van der Waals surface area contributed by atoms with Gasteiger partial charge >= 0.3 is 12.0 Å². The molecule has 1 rings (SSSR count). The van der Waals surface area contributed by atoms with Crippen molar-refractivity contribution in [2.45, 2.75) is 45.2 Å². The molecule has 1 aliphatic carbocycles. The lowest BCUT2D eigenvalue weighted by Crippen LogP contribution is -2.50. The average Bonchev–Trinajstić information content (AvgIpc) is 3.06. The average molecular weight is 228 g/mol. The van der Waals surface area contributed by atoms with Crippen LogP contribution in [0.5, 0.6) is 0 Å². The Kier molecular flexibility index (Phi) is 4.15. The molecule has 5 nitrogen and oxygen atoms in total. The first-order valence-corrected chi connectivity index (χ1v) is 5.73. The standard InChI is InChI=1S/C11H20N2O3/c1-4-7(2)9(10(14)15)12-11(16)13(3)8-5-6-8/h7-9H,4-6H2,1-3H3,(H,12,16)(H,14,15). The Morgan fingerprint density at radius 2 is 2.06 bits per heavy atom. The molecule has 2 atom stereocenters. The molecule has 2 unspecified atom stereocenters. The number of aliphatic carboxylic acids is 1. The first-order valence-electron chi connectivity index (χ1n) is 5.73. The molecule has 1 fully saturated rings. The van der Waals surface area contributed by atoms with E-state index in [1.54, 1.807) is 11.9 Å². The van der Waals surface area contributed by atoms with Crippen molar-refractivity contribution in [2.75, 3.05) is 7.05 Å². The van der Waals surface area contributed by atoms with Crippen molar-refractivity contribution in [3.8, 4) is 0 Å². The zero-order chi connectivity index (χ0) is 12.3. The van der Waals surface area contributed by atoms with Gasteiger partial charge in [0.05, 0.1) is 0 Å². The van der Waals surface area contributed by atoms with Gasteiger partial charge in [-0.15, -0.1) is 0 Å². The van der Waals surface area contributed by atoms with Crippen LogP contribution in [-0.4, -0.2) is 41.1 Å². The van der Waals surface area contributed by atoms with Crippen LogP contribution in [0.1, 0.15) is 33.1 Å². The van der Waals surface area contributed by atoms with E-state index in [9.17, 15) is 9.59 Å². The minimum Gasteiger partial charge on any atom is -0.480 e. The molecule has 0 saturated heterocycles. The minimum atomic E-state index is -0.966. The normalized spacial score (nSPS) is 18.7. The fourth-order valence-electron chi connectivity index (χ4n) is 1.55. The molecular formula is C11H20N2O3. The summed E-state index contributed by atoms with van der Waals surface area (Å²) in [6, 6.07) is -0.778. The molecule has 0 aromatic heterocycles. The number of carbonyl (C=O) groups is 2. The summed E-state index contributed by atoms with van der Waals surface area (Å²) in [4.78, 5) is 24.3. The quantitative estimate of drug-likeness (QED) is 0.745. The van der Waals surface area contributed by atoms with Gasteiger partial charge in [0.1, 0.15) is 6.04 Å². The highest BCUT2D eigenvalue weighted by Crippen LogP contribution is 2.25. The Hall–Kier alpha value is -1.26. The van der Waals surface area contributed by atoms with Crippen LogP contribution in [0.2, 0.25) is 0 Å². The summed E-state index contributed by atoms with van der Waals surface area (Å²) in [5.74, 6) is -1.03. The molecule has 1 saturated carbocycles. The second kappa shape index (κ2) is 5.18. The zero-order valence-electron chi connectivity index (χ0n) is 10.1. The lowest BCUT2D eigenvalue weighted by Gasteiger charge is -2.24. The van der Waals surface area contributed by atoms with E-state index in [0.717, 1.165) is 19.3 Å². The van der Waals surface area contributed by atoms with E-state index in [1.807, 2.05) is 13.8 Å². The van der Waals surface area contributed by atoms with E-state index in [2.05, 4.69) is 5.32 Å². The number of hydrogen-bond acceptors (Lipinski definition) is 2. The third-order valence-electron chi connectivity index (χ3n) is 3.17. The largest absolute Gasteiger partial charge is 0.480 e. The molecule has 2 N–H and O–H groups in total. The molecule has 0 bridgehead atoms. The number of amides is 2. The van der Waals surface area contributed by atoms with Gasteiger partial charge < -0.3 is 15.3 Å². The number of rotatable bonds is 5. The maximum atomic E-state index is 11.7. The smallest absolute Gasteiger partial charge is 0.326 e. The van der Waals surface area contributed by atoms with E-state index in [4.69, 9.17) is 5.11 Å². The van der Waals surface area contributed by atoms with E-state index < -0.39 is 12.0 Å². The predicted molar refractivity (Wildman–Crippen MR) is 60.2 cm³/mol. The monoisotopic (exact) mass is 228 g/mol. The topological polar surface area (TPSA) is 69.6 Å². The van der Waals surface area contributed by atoms with Crippen LogP contribution in [0.15, 0.2) is 0 Å². The van der Waals surface area contributed by atoms with Gasteiger partial charge in [-0.25, -0.2) is 9.59 Å². The summed E-state index contributed by atoms with van der Waals surface area (Å²) in [6.45, 7) is 3.74. The number of carboxylic acids is 1. The third-order valence-corrected chi connectivity index (χ3v) is 3.17. The maximum Gasteiger partial charge on any atom is 0.326 e. The molecule has 0 aromatic rings. The van der Waals surface area contributed by atoms with Crippen LogP contribution in [0.4, 0.5) is 4.79 Å². The molecule has 0 radical (unpaired) electrons. The van der Waals surface area contributed by atoms with Crippen molar-refractivity contribution in [2.24, 2.45) is 5.92 Å². The van der Waals surface area contributed by atoms with Gasteiger partial charge in [0.25, 0.3) is 0 Å². The third kappa shape index (κ3) is 3.12. The van der Waals surface area contributed by atoms with Crippen LogP contribution in [0.3, 0.4) is 0 Å². The van der Waals surface area contributed by atoms with Gasteiger partial charge in [-0.05, 0) is 18.8 Å². The highest BCUT2D eigenvalue weighted by atomic mass is 16.4. The Morgan fingerprint density at radius 3 is 2.44 bits per heavy atom. The van der Waals surface area contributed by atoms with Crippen LogP contribution < -0.4 is 5.32 Å². The summed E-state index contributed by atoms with van der Waals surface area (Å²) >= 11 is 0. The maximum absolute atomic E-state index is 11.7. The number of nitrogens with zero attached hydrogens (tertiary/aromatic N) is 1. The van der Waals surface area contributed by atoms with E-state index in [-0.39, 0.29) is 11.9 Å². The lowest BCUT2D eigenvalue weighted by atomic mass is 9.99. The van der Waals surface area contributed by atoms with Crippen LogP contribution in [0.25, 0.3) is 0 Å². The number of nitrogens with one attached hydrogen (secondary N) is 1. The van der Waals surface area contributed by atoms with Crippen molar-refractivity contribution in [3.05, 3.63) is 0 Å². The van der Waals surface area contributed by atoms with Gasteiger partial charge in [0.15, 0.2) is 0 Å². The highest BCUT2D eigenvalue weighted by Gasteiger charge is 2.32. The zero-order valence-corrected chi connectivity index (χ0v) is 10.1. The minimum absolute atomic E-state index is 0.0611. The van der Waals surface area contributed by atoms with Crippen LogP contribution in [0, 0.1) is 5.92 Å². The first-order chi connectivity index (χ1) is 7.47. The first kappa shape index (κ1) is 12.8. The summed E-state index contributed by atoms with van der Waals surface area (Å²) in [6.07, 6.45) is 2.76. The summed E-state index contributed by atoms with van der Waals surface area (Å²) in [5.41, 5.74) is 0. The Balaban J connectivity index is 2.53. The number of urea groups is 1. The molecule has 0 aromatic carbocycles. The molecule has 1 aliphatic rings. The van der Waals surface area contributed by atoms with Crippen molar-refractivity contribution >= 4 is 12.0 Å². The van der Waals surface area contributed by atoms with Gasteiger partial charge in [-0.2, -0.15) is 0 Å². The molecule has 0 heterocycles. The van der Waals surface area contributed by atoms with Crippen molar-refractivity contribution in [1.82, 2.24) is 10.2 Å². The summed E-state index contributed by atoms with van der Waals surface area (Å²) < 4.78 is 0. The molecule has 0 spiro atoms. The number of carbonyl (C=O) groups excluding carboxylic acids is 1. The SMILES string of the molecule is CCC(C)C(NC(=O)N(C)C1CC1)C(=O)O. The van der Waals surface area contributed by atoms with Crippen molar-refractivity contribution < 1.29 is 14.7 Å². The van der Waals surface area contributed by atoms with Gasteiger partial charge in [0.2, 0.25) is 0 Å². The predicted octanol–water partition coefficient (Wildman–Crippen LogP) is 1.29. The highest BCUT2D eigenvalue weighted by molar-refractivity contribution is 5.82. The van der Waals surface area contributed by atoms with Crippen LogP contribution in [-0.2, 0) is 4.79 Å². The van der Waals surface area contributed by atoms with E-state index in [1.165, 1.54) is 0 Å². The molecular weight excluding hydrogens is 208 g/mol. The molecule has 2 amide bonds. The molecule has 5 heteroatoms. The second-order valence-corrected chi connectivity index (χ2v) is 4.49. The molecule has 92 valence electrons. The Bertz CT molecular complexity index is 276.